The lowest BCUT2D eigenvalue weighted by Crippen LogP contribution is -2.08. The summed E-state index contributed by atoms with van der Waals surface area (Å²) in [5, 5.41) is 5.94. The van der Waals surface area contributed by atoms with E-state index in [1.54, 1.807) is 0 Å². The van der Waals surface area contributed by atoms with Gasteiger partial charge in [0.2, 0.25) is 0 Å². The van der Waals surface area contributed by atoms with E-state index < -0.39 is 0 Å². The number of hydrogen-bond acceptors (Lipinski definition) is 2. The van der Waals surface area contributed by atoms with Crippen molar-refractivity contribution in [2.75, 3.05) is 10.6 Å². The minimum absolute atomic E-state index is 0.0351. The van der Waals surface area contributed by atoms with Gasteiger partial charge in [-0.25, -0.2) is 0 Å². The molecule has 1 unspecified atom stereocenters. The zero-order valence-electron chi connectivity index (χ0n) is 22.5. The number of anilines is 2. The first-order valence-corrected chi connectivity index (χ1v) is 14.0. The molecule has 0 fully saturated rings. The number of aryl methyl sites for hydroxylation is 2. The lowest BCUT2D eigenvalue weighted by molar-refractivity contribution is -0.111. The highest BCUT2D eigenvalue weighted by atomic mass is 16.2. The number of nitrogens with one attached hydrogen (secondary N) is 2. The highest BCUT2D eigenvalue weighted by molar-refractivity contribution is 6.37. The van der Waals surface area contributed by atoms with Crippen LogP contribution in [0.3, 0.4) is 0 Å². The van der Waals surface area contributed by atoms with Crippen LogP contribution in [0.25, 0.3) is 16.7 Å². The fourth-order valence-electron chi connectivity index (χ4n) is 6.79. The molecule has 4 aromatic rings. The third-order valence-electron chi connectivity index (χ3n) is 8.68. The molecule has 0 aromatic heterocycles. The van der Waals surface area contributed by atoms with Crippen molar-refractivity contribution in [2.24, 2.45) is 0 Å². The minimum Gasteiger partial charge on any atom is -0.321 e. The second-order valence-corrected chi connectivity index (χ2v) is 10.9. The fourth-order valence-corrected chi connectivity index (χ4v) is 6.79. The third-order valence-corrected chi connectivity index (χ3v) is 8.68. The van der Waals surface area contributed by atoms with Crippen LogP contribution in [0.4, 0.5) is 11.4 Å². The van der Waals surface area contributed by atoms with Crippen molar-refractivity contribution in [2.45, 2.75) is 38.5 Å². The molecule has 4 aromatic carbocycles. The molecule has 0 bridgehead atoms. The average molecular weight is 523 g/mol. The van der Waals surface area contributed by atoms with Crippen molar-refractivity contribution in [1.29, 1.82) is 0 Å². The Balaban J connectivity index is 0.000000133. The highest BCUT2D eigenvalue weighted by Crippen LogP contribution is 2.44. The Morgan fingerprint density at radius 3 is 2.02 bits per heavy atom. The molecule has 2 amide bonds. The van der Waals surface area contributed by atoms with Gasteiger partial charge in [-0.2, -0.15) is 0 Å². The van der Waals surface area contributed by atoms with E-state index in [9.17, 15) is 9.59 Å². The Labute approximate surface area is 234 Å². The van der Waals surface area contributed by atoms with Crippen LogP contribution < -0.4 is 10.6 Å². The SMILES string of the molecule is C/C(=C1/C(=O)Nc2ccccc21)C1CCc2ccccc21.O=C1Nc2ccccc2/C1=C1\CCc2ccccc21. The summed E-state index contributed by atoms with van der Waals surface area (Å²) in [4.78, 5) is 24.6. The summed E-state index contributed by atoms with van der Waals surface area (Å²) in [5.41, 5.74) is 13.5. The number of carbonyl (C=O) groups excluding carboxylic acids is 2. The van der Waals surface area contributed by atoms with Gasteiger partial charge >= 0.3 is 0 Å². The number of carbonyl (C=O) groups is 2. The van der Waals surface area contributed by atoms with Crippen molar-refractivity contribution in [3.8, 4) is 0 Å². The second kappa shape index (κ2) is 9.80. The molecule has 2 aliphatic heterocycles. The summed E-state index contributed by atoms with van der Waals surface area (Å²) < 4.78 is 0. The van der Waals surface area contributed by atoms with Gasteiger partial charge in [-0.3, -0.25) is 9.59 Å². The summed E-state index contributed by atoms with van der Waals surface area (Å²) >= 11 is 0. The molecule has 0 saturated heterocycles. The van der Waals surface area contributed by atoms with Gasteiger partial charge in [-0.05, 0) is 72.6 Å². The first kappa shape index (κ1) is 24.3. The maximum atomic E-state index is 12.4. The van der Waals surface area contributed by atoms with Gasteiger partial charge < -0.3 is 10.6 Å². The zero-order valence-corrected chi connectivity index (χ0v) is 22.5. The second-order valence-electron chi connectivity index (χ2n) is 10.9. The summed E-state index contributed by atoms with van der Waals surface area (Å²) in [6.07, 6.45) is 4.19. The Hall–Kier alpha value is -4.70. The molecule has 196 valence electrons. The molecule has 8 rings (SSSR count). The molecule has 4 aliphatic rings. The lowest BCUT2D eigenvalue weighted by Gasteiger charge is -2.15. The van der Waals surface area contributed by atoms with Gasteiger partial charge in [-0.15, -0.1) is 0 Å². The highest BCUT2D eigenvalue weighted by Gasteiger charge is 2.32. The van der Waals surface area contributed by atoms with E-state index in [2.05, 4.69) is 60.0 Å². The summed E-state index contributed by atoms with van der Waals surface area (Å²) in [6, 6.07) is 32.9. The van der Waals surface area contributed by atoms with Crippen LogP contribution in [-0.2, 0) is 22.4 Å². The number of hydrogen-bond donors (Lipinski definition) is 2. The number of fused-ring (bicyclic) bond motifs is 4. The number of benzene rings is 4. The maximum absolute atomic E-state index is 12.4. The van der Waals surface area contributed by atoms with Crippen LogP contribution in [-0.4, -0.2) is 11.8 Å². The Morgan fingerprint density at radius 1 is 0.625 bits per heavy atom. The largest absolute Gasteiger partial charge is 0.321 e. The van der Waals surface area contributed by atoms with Crippen LogP contribution in [0.2, 0.25) is 0 Å². The van der Waals surface area contributed by atoms with E-state index in [-0.39, 0.29) is 11.8 Å². The summed E-state index contributed by atoms with van der Waals surface area (Å²) in [5.74, 6) is 0.444. The number of rotatable bonds is 1. The molecular weight excluding hydrogens is 492 g/mol. The van der Waals surface area contributed by atoms with Gasteiger partial charge in [0.05, 0.1) is 5.57 Å². The van der Waals surface area contributed by atoms with Gasteiger partial charge in [0, 0.05) is 34.0 Å². The number of allylic oxidation sites excluding steroid dienone is 2. The molecule has 0 radical (unpaired) electrons. The first-order valence-electron chi connectivity index (χ1n) is 14.0. The average Bonchev–Trinajstić information content (AvgIpc) is 3.74. The number of amides is 2. The predicted molar refractivity (Wildman–Crippen MR) is 162 cm³/mol. The van der Waals surface area contributed by atoms with Gasteiger partial charge in [0.1, 0.15) is 0 Å². The topological polar surface area (TPSA) is 58.2 Å². The van der Waals surface area contributed by atoms with Crippen molar-refractivity contribution in [3.05, 3.63) is 136 Å². The zero-order chi connectivity index (χ0) is 27.2. The predicted octanol–water partition coefficient (Wildman–Crippen LogP) is 7.64. The molecule has 4 nitrogen and oxygen atoms in total. The van der Waals surface area contributed by atoms with Crippen LogP contribution in [0.1, 0.15) is 59.1 Å². The van der Waals surface area contributed by atoms with E-state index in [1.807, 2.05) is 54.6 Å². The van der Waals surface area contributed by atoms with E-state index in [0.717, 1.165) is 59.3 Å². The van der Waals surface area contributed by atoms with Crippen molar-refractivity contribution in [1.82, 2.24) is 0 Å². The quantitative estimate of drug-likeness (QED) is 0.252. The molecule has 1 atom stereocenters. The third kappa shape index (κ3) is 3.99. The van der Waals surface area contributed by atoms with E-state index in [1.165, 1.54) is 33.4 Å². The van der Waals surface area contributed by atoms with Crippen molar-refractivity contribution in [3.63, 3.8) is 0 Å². The van der Waals surface area contributed by atoms with Crippen LogP contribution in [0.15, 0.2) is 103 Å². The molecule has 4 heteroatoms. The standard InChI is InChI=1S/C19H17NO.C17H13NO/c1-12(14-11-10-13-6-2-3-7-15(13)14)18-16-8-4-5-9-17(16)20-19(18)21;19-17-16(14-7-3-4-8-15(14)18-17)13-10-9-11-5-1-2-6-12(11)13/h2-9,14H,10-11H2,1H3,(H,20,21);1-8H,9-10H2,(H,18,19)/b18-12-;16-13-. The normalized spacial score (nSPS) is 21.0. The Kier molecular flexibility index (Phi) is 5.96. The van der Waals surface area contributed by atoms with E-state index in [0.29, 0.717) is 5.92 Å². The molecule has 2 heterocycles. The smallest absolute Gasteiger partial charge is 0.256 e. The van der Waals surface area contributed by atoms with Gasteiger partial charge in [0.15, 0.2) is 0 Å². The van der Waals surface area contributed by atoms with Crippen LogP contribution in [0, 0.1) is 0 Å². The summed E-state index contributed by atoms with van der Waals surface area (Å²) in [6.45, 7) is 2.11. The minimum atomic E-state index is 0.0351. The fraction of sp³-hybridized carbons (Fsp3) is 0.167. The molecular formula is C36H30N2O2. The monoisotopic (exact) mass is 522 g/mol. The first-order chi connectivity index (χ1) is 19.6. The molecule has 0 spiro atoms. The molecule has 40 heavy (non-hydrogen) atoms. The Bertz CT molecular complexity index is 1760. The number of para-hydroxylation sites is 2. The van der Waals surface area contributed by atoms with Crippen molar-refractivity contribution < 1.29 is 9.59 Å². The molecule has 0 saturated carbocycles. The maximum Gasteiger partial charge on any atom is 0.256 e. The van der Waals surface area contributed by atoms with E-state index in [4.69, 9.17) is 0 Å². The van der Waals surface area contributed by atoms with Crippen LogP contribution >= 0.6 is 0 Å². The van der Waals surface area contributed by atoms with E-state index >= 15 is 0 Å². The Morgan fingerprint density at radius 2 is 1.23 bits per heavy atom. The van der Waals surface area contributed by atoms with Gasteiger partial charge in [-0.1, -0.05) is 90.5 Å². The molecule has 2 N–H and O–H groups in total. The summed E-state index contributed by atoms with van der Waals surface area (Å²) in [7, 11) is 0. The molecule has 2 aliphatic carbocycles. The van der Waals surface area contributed by atoms with Crippen LogP contribution in [0.5, 0.6) is 0 Å². The van der Waals surface area contributed by atoms with Gasteiger partial charge in [0.25, 0.3) is 11.8 Å². The van der Waals surface area contributed by atoms with Crippen molar-refractivity contribution >= 4 is 39.9 Å². The lowest BCUT2D eigenvalue weighted by atomic mass is 9.88.